The summed E-state index contributed by atoms with van der Waals surface area (Å²) in [4.78, 5) is 10.0. The number of nitrogen functional groups attached to an aromatic ring is 1. The SMILES string of the molecule is CCCN(C(C)C)S(=O)(=O)c1ccc([N+](=O)[O-])c(N)c1. The molecule has 0 bridgehead atoms. The predicted octanol–water partition coefficient (Wildman–Crippen LogP) is 1.99. The minimum atomic E-state index is -3.70. The molecule has 112 valence electrons. The van der Waals surface area contributed by atoms with Crippen LogP contribution in [-0.4, -0.2) is 30.2 Å². The van der Waals surface area contributed by atoms with E-state index >= 15 is 0 Å². The quantitative estimate of drug-likeness (QED) is 0.491. The molecule has 2 N–H and O–H groups in total. The summed E-state index contributed by atoms with van der Waals surface area (Å²) in [5.74, 6) is 0. The van der Waals surface area contributed by atoms with Gasteiger partial charge in [-0.25, -0.2) is 8.42 Å². The number of sulfonamides is 1. The average molecular weight is 301 g/mol. The smallest absolute Gasteiger partial charge is 0.292 e. The van der Waals surface area contributed by atoms with E-state index in [0.717, 1.165) is 12.1 Å². The summed E-state index contributed by atoms with van der Waals surface area (Å²) < 4.78 is 26.4. The van der Waals surface area contributed by atoms with Crippen LogP contribution < -0.4 is 5.73 Å². The zero-order valence-corrected chi connectivity index (χ0v) is 12.6. The lowest BCUT2D eigenvalue weighted by atomic mass is 10.3. The van der Waals surface area contributed by atoms with Crippen LogP contribution in [0.2, 0.25) is 0 Å². The number of nitro benzene ring substituents is 1. The maximum absolute atomic E-state index is 12.5. The van der Waals surface area contributed by atoms with Crippen molar-refractivity contribution in [1.29, 1.82) is 0 Å². The van der Waals surface area contributed by atoms with Gasteiger partial charge in [-0.3, -0.25) is 10.1 Å². The second-order valence-electron chi connectivity index (χ2n) is 4.69. The van der Waals surface area contributed by atoms with E-state index in [2.05, 4.69) is 0 Å². The van der Waals surface area contributed by atoms with Crippen LogP contribution in [0.15, 0.2) is 23.1 Å². The molecule has 0 aliphatic carbocycles. The van der Waals surface area contributed by atoms with Gasteiger partial charge in [0.25, 0.3) is 5.69 Å². The van der Waals surface area contributed by atoms with Crippen LogP contribution in [0.1, 0.15) is 27.2 Å². The molecular formula is C12H19N3O4S. The van der Waals surface area contributed by atoms with Crippen LogP contribution in [0.4, 0.5) is 11.4 Å². The lowest BCUT2D eigenvalue weighted by Crippen LogP contribution is -2.37. The fourth-order valence-corrected chi connectivity index (χ4v) is 3.64. The number of nitrogens with two attached hydrogens (primary N) is 1. The standard InChI is InChI=1S/C12H19N3O4S/c1-4-7-14(9(2)3)20(18,19)10-5-6-12(15(16)17)11(13)8-10/h5-6,8-9H,4,7,13H2,1-3H3. The highest BCUT2D eigenvalue weighted by atomic mass is 32.2. The summed E-state index contributed by atoms with van der Waals surface area (Å²) in [6.45, 7) is 5.83. The van der Waals surface area contributed by atoms with E-state index in [0.29, 0.717) is 13.0 Å². The number of benzene rings is 1. The van der Waals surface area contributed by atoms with Gasteiger partial charge in [0.1, 0.15) is 5.69 Å². The van der Waals surface area contributed by atoms with Gasteiger partial charge in [0.05, 0.1) is 9.82 Å². The van der Waals surface area contributed by atoms with Crippen molar-refractivity contribution in [2.24, 2.45) is 0 Å². The van der Waals surface area contributed by atoms with E-state index in [1.807, 2.05) is 6.92 Å². The highest BCUT2D eigenvalue weighted by Gasteiger charge is 2.27. The van der Waals surface area contributed by atoms with E-state index in [9.17, 15) is 18.5 Å². The monoisotopic (exact) mass is 301 g/mol. The van der Waals surface area contributed by atoms with Crippen LogP contribution in [0, 0.1) is 10.1 Å². The minimum absolute atomic E-state index is 0.0252. The van der Waals surface area contributed by atoms with Gasteiger partial charge in [0.15, 0.2) is 0 Å². The molecule has 0 radical (unpaired) electrons. The van der Waals surface area contributed by atoms with Crippen LogP contribution in [0.5, 0.6) is 0 Å². The second kappa shape index (κ2) is 6.19. The van der Waals surface area contributed by atoms with Crippen molar-refractivity contribution in [3.63, 3.8) is 0 Å². The molecule has 0 amide bonds. The number of hydrogen-bond donors (Lipinski definition) is 1. The normalized spacial score (nSPS) is 12.1. The van der Waals surface area contributed by atoms with Crippen molar-refractivity contribution in [3.8, 4) is 0 Å². The molecule has 0 aromatic heterocycles. The van der Waals surface area contributed by atoms with Crippen molar-refractivity contribution in [2.45, 2.75) is 38.1 Å². The van der Waals surface area contributed by atoms with Gasteiger partial charge in [0, 0.05) is 18.7 Å². The number of nitro groups is 1. The van der Waals surface area contributed by atoms with Gasteiger partial charge in [-0.2, -0.15) is 4.31 Å². The van der Waals surface area contributed by atoms with Gasteiger partial charge in [-0.05, 0) is 32.4 Å². The Morgan fingerprint density at radius 3 is 2.40 bits per heavy atom. The first-order valence-corrected chi connectivity index (χ1v) is 7.71. The first kappa shape index (κ1) is 16.4. The first-order valence-electron chi connectivity index (χ1n) is 6.27. The van der Waals surface area contributed by atoms with Crippen molar-refractivity contribution in [1.82, 2.24) is 4.31 Å². The first-order chi connectivity index (χ1) is 9.21. The summed E-state index contributed by atoms with van der Waals surface area (Å²) in [7, 11) is -3.70. The highest BCUT2D eigenvalue weighted by molar-refractivity contribution is 7.89. The third-order valence-corrected chi connectivity index (χ3v) is 4.89. The number of anilines is 1. The zero-order chi connectivity index (χ0) is 15.5. The summed E-state index contributed by atoms with van der Waals surface area (Å²) in [6, 6.07) is 3.27. The number of nitrogens with zero attached hydrogens (tertiary/aromatic N) is 2. The second-order valence-corrected chi connectivity index (χ2v) is 6.58. The molecule has 0 unspecified atom stereocenters. The molecule has 0 aliphatic heterocycles. The van der Waals surface area contributed by atoms with Crippen molar-refractivity contribution >= 4 is 21.4 Å². The molecule has 0 atom stereocenters. The van der Waals surface area contributed by atoms with E-state index in [1.165, 1.54) is 10.4 Å². The van der Waals surface area contributed by atoms with Crippen LogP contribution in [0.3, 0.4) is 0 Å². The topological polar surface area (TPSA) is 107 Å². The van der Waals surface area contributed by atoms with Crippen molar-refractivity contribution in [3.05, 3.63) is 28.3 Å². The Kier molecular flexibility index (Phi) is 5.07. The molecule has 1 rings (SSSR count). The van der Waals surface area contributed by atoms with Crippen LogP contribution in [0.25, 0.3) is 0 Å². The zero-order valence-electron chi connectivity index (χ0n) is 11.7. The van der Waals surface area contributed by atoms with Gasteiger partial charge in [-0.15, -0.1) is 0 Å². The molecule has 8 heteroatoms. The van der Waals surface area contributed by atoms with Crippen LogP contribution >= 0.6 is 0 Å². The maximum Gasteiger partial charge on any atom is 0.292 e. The molecule has 20 heavy (non-hydrogen) atoms. The molecule has 1 aromatic carbocycles. The molecule has 0 aliphatic rings. The van der Waals surface area contributed by atoms with E-state index < -0.39 is 14.9 Å². The molecule has 0 heterocycles. The molecule has 7 nitrogen and oxygen atoms in total. The third-order valence-electron chi connectivity index (χ3n) is 2.82. The Morgan fingerprint density at radius 1 is 1.40 bits per heavy atom. The summed E-state index contributed by atoms with van der Waals surface area (Å²) in [5.41, 5.74) is 5.09. The number of hydrogen-bond acceptors (Lipinski definition) is 5. The third kappa shape index (κ3) is 3.26. The predicted molar refractivity (Wildman–Crippen MR) is 76.8 cm³/mol. The fourth-order valence-electron chi connectivity index (χ4n) is 1.87. The summed E-state index contributed by atoms with van der Waals surface area (Å²) in [6.07, 6.45) is 0.680. The highest BCUT2D eigenvalue weighted by Crippen LogP contribution is 2.27. The Morgan fingerprint density at radius 2 is 2.00 bits per heavy atom. The molecule has 0 spiro atoms. The molecule has 0 saturated heterocycles. The van der Waals surface area contributed by atoms with Crippen molar-refractivity contribution < 1.29 is 13.3 Å². The van der Waals surface area contributed by atoms with Crippen LogP contribution in [-0.2, 0) is 10.0 Å². The Balaban J connectivity index is 3.28. The van der Waals surface area contributed by atoms with Gasteiger partial charge < -0.3 is 5.73 Å². The lowest BCUT2D eigenvalue weighted by Gasteiger charge is -2.25. The Hall–Kier alpha value is -1.67. The largest absolute Gasteiger partial charge is 0.393 e. The fraction of sp³-hybridized carbons (Fsp3) is 0.500. The Labute approximate surface area is 118 Å². The minimum Gasteiger partial charge on any atom is -0.393 e. The molecule has 0 fully saturated rings. The summed E-state index contributed by atoms with van der Waals surface area (Å²) in [5, 5.41) is 10.7. The lowest BCUT2D eigenvalue weighted by molar-refractivity contribution is -0.383. The van der Waals surface area contributed by atoms with Crippen molar-refractivity contribution in [2.75, 3.05) is 12.3 Å². The van der Waals surface area contributed by atoms with Gasteiger partial charge in [0.2, 0.25) is 10.0 Å². The van der Waals surface area contributed by atoms with E-state index in [4.69, 9.17) is 5.73 Å². The molecular weight excluding hydrogens is 282 g/mol. The molecule has 1 aromatic rings. The maximum atomic E-state index is 12.5. The van der Waals surface area contributed by atoms with E-state index in [-0.39, 0.29) is 22.3 Å². The van der Waals surface area contributed by atoms with Gasteiger partial charge >= 0.3 is 0 Å². The number of rotatable bonds is 6. The van der Waals surface area contributed by atoms with Gasteiger partial charge in [-0.1, -0.05) is 6.92 Å². The average Bonchev–Trinajstić information content (AvgIpc) is 2.34. The summed E-state index contributed by atoms with van der Waals surface area (Å²) >= 11 is 0. The Bertz CT molecular complexity index is 599. The van der Waals surface area contributed by atoms with E-state index in [1.54, 1.807) is 13.8 Å². The molecule has 0 saturated carbocycles.